The Kier molecular flexibility index (Phi) is 3.91. The zero-order chi connectivity index (χ0) is 14.2. The summed E-state index contributed by atoms with van der Waals surface area (Å²) in [5, 5.41) is 0.0419. The molecule has 0 aliphatic carbocycles. The molecule has 2 aromatic rings. The number of amides is 1. The topological polar surface area (TPSA) is 41.0 Å². The Morgan fingerprint density at radius 2 is 2.21 bits per heavy atom. The molecule has 1 aromatic heterocycles. The van der Waals surface area contributed by atoms with Crippen LogP contribution in [0.2, 0.25) is 5.02 Å². The first kappa shape index (κ1) is 14.0. The minimum absolute atomic E-state index is 0.00862. The Morgan fingerprint density at radius 3 is 2.84 bits per heavy atom. The summed E-state index contributed by atoms with van der Waals surface area (Å²) in [6.45, 7) is 0.400. The van der Waals surface area contributed by atoms with E-state index in [9.17, 15) is 9.18 Å². The smallest absolute Gasteiger partial charge is 0.223 e. The van der Waals surface area contributed by atoms with E-state index in [1.54, 1.807) is 18.7 Å². The van der Waals surface area contributed by atoms with Gasteiger partial charge in [0.25, 0.3) is 0 Å². The molecule has 4 nitrogen and oxygen atoms in total. The van der Waals surface area contributed by atoms with Crippen molar-refractivity contribution in [3.8, 4) is 0 Å². The molecule has 1 amide bonds. The van der Waals surface area contributed by atoms with Crippen LogP contribution in [0.5, 0.6) is 0 Å². The standard InChI is InChI=1S/C12H13ClFN3OS/c1-16(2)11(18)3-4-17-10-6-8(14)7(13)5-9(10)15-12(17)19/h5-6H,3-4H2,1-2H3,(H,15,19). The number of hydrogen-bond donors (Lipinski definition) is 1. The number of imidazole rings is 1. The Balaban J connectivity index is 2.38. The third kappa shape index (κ3) is 2.79. The number of aromatic nitrogens is 2. The highest BCUT2D eigenvalue weighted by atomic mass is 35.5. The normalized spacial score (nSPS) is 10.9. The number of aromatic amines is 1. The predicted octanol–water partition coefficient (Wildman–Crippen LogP) is 2.97. The van der Waals surface area contributed by atoms with E-state index in [0.29, 0.717) is 28.8 Å². The highest BCUT2D eigenvalue weighted by Crippen LogP contribution is 2.23. The first-order valence-electron chi connectivity index (χ1n) is 5.68. The minimum Gasteiger partial charge on any atom is -0.349 e. The lowest BCUT2D eigenvalue weighted by Crippen LogP contribution is -2.22. The van der Waals surface area contributed by atoms with Crippen LogP contribution < -0.4 is 0 Å². The van der Waals surface area contributed by atoms with Gasteiger partial charge in [-0.3, -0.25) is 4.79 Å². The number of fused-ring (bicyclic) bond motifs is 1. The maximum atomic E-state index is 13.5. The van der Waals surface area contributed by atoms with Gasteiger partial charge in [0.1, 0.15) is 5.82 Å². The molecule has 0 unspecified atom stereocenters. The molecule has 1 heterocycles. The molecule has 0 fully saturated rings. The highest BCUT2D eigenvalue weighted by molar-refractivity contribution is 7.71. The molecule has 19 heavy (non-hydrogen) atoms. The lowest BCUT2D eigenvalue weighted by atomic mass is 10.3. The quantitative estimate of drug-likeness (QED) is 0.886. The Labute approximate surface area is 119 Å². The zero-order valence-corrected chi connectivity index (χ0v) is 12.1. The third-order valence-electron chi connectivity index (χ3n) is 2.86. The number of hydrogen-bond acceptors (Lipinski definition) is 2. The lowest BCUT2D eigenvalue weighted by molar-refractivity contribution is -0.128. The molecular weight excluding hydrogens is 289 g/mol. The van der Waals surface area contributed by atoms with Gasteiger partial charge in [0.15, 0.2) is 4.77 Å². The second-order valence-corrected chi connectivity index (χ2v) is 5.20. The van der Waals surface area contributed by atoms with Crippen molar-refractivity contribution in [2.45, 2.75) is 13.0 Å². The summed E-state index contributed by atoms with van der Waals surface area (Å²) in [5.41, 5.74) is 1.27. The molecule has 2 rings (SSSR count). The molecular formula is C12H13ClFN3OS. The fourth-order valence-electron chi connectivity index (χ4n) is 1.80. The van der Waals surface area contributed by atoms with Crippen LogP contribution in [-0.2, 0) is 11.3 Å². The first-order chi connectivity index (χ1) is 8.90. The van der Waals surface area contributed by atoms with Gasteiger partial charge in [-0.05, 0) is 18.3 Å². The van der Waals surface area contributed by atoms with Gasteiger partial charge in [-0.2, -0.15) is 0 Å². The number of carbonyl (C=O) groups excluding carboxylic acids is 1. The summed E-state index contributed by atoms with van der Waals surface area (Å²) < 4.78 is 15.6. The van der Waals surface area contributed by atoms with Crippen molar-refractivity contribution in [1.29, 1.82) is 0 Å². The van der Waals surface area contributed by atoms with Crippen LogP contribution in [-0.4, -0.2) is 34.5 Å². The predicted molar refractivity (Wildman–Crippen MR) is 75.4 cm³/mol. The molecule has 1 aromatic carbocycles. The van der Waals surface area contributed by atoms with E-state index in [1.807, 2.05) is 0 Å². The van der Waals surface area contributed by atoms with Gasteiger partial charge in [-0.15, -0.1) is 0 Å². The van der Waals surface area contributed by atoms with Gasteiger partial charge in [0.2, 0.25) is 5.91 Å². The molecule has 102 valence electrons. The maximum absolute atomic E-state index is 13.5. The van der Waals surface area contributed by atoms with E-state index in [-0.39, 0.29) is 10.9 Å². The zero-order valence-electron chi connectivity index (χ0n) is 10.5. The first-order valence-corrected chi connectivity index (χ1v) is 6.46. The summed E-state index contributed by atoms with van der Waals surface area (Å²) in [7, 11) is 3.38. The molecule has 0 radical (unpaired) electrons. The molecule has 0 saturated heterocycles. The number of H-pyrrole nitrogens is 1. The van der Waals surface area contributed by atoms with Crippen molar-refractivity contribution in [3.63, 3.8) is 0 Å². The average molecular weight is 302 g/mol. The van der Waals surface area contributed by atoms with Gasteiger partial charge in [0, 0.05) is 33.1 Å². The fourth-order valence-corrected chi connectivity index (χ4v) is 2.27. The van der Waals surface area contributed by atoms with Crippen molar-refractivity contribution >= 4 is 40.8 Å². The average Bonchev–Trinajstić information content (AvgIpc) is 2.62. The van der Waals surface area contributed by atoms with E-state index >= 15 is 0 Å². The molecule has 1 N–H and O–H groups in total. The van der Waals surface area contributed by atoms with Crippen molar-refractivity contribution in [1.82, 2.24) is 14.5 Å². The second-order valence-electron chi connectivity index (χ2n) is 4.40. The Hall–Kier alpha value is -1.40. The van der Waals surface area contributed by atoms with Crippen molar-refractivity contribution in [2.75, 3.05) is 14.1 Å². The Morgan fingerprint density at radius 1 is 1.53 bits per heavy atom. The fraction of sp³-hybridized carbons (Fsp3) is 0.333. The van der Waals surface area contributed by atoms with Gasteiger partial charge in [-0.25, -0.2) is 4.39 Å². The minimum atomic E-state index is -0.504. The SMILES string of the molecule is CN(C)C(=O)CCn1c(=S)[nH]c2cc(Cl)c(F)cc21. The number of halogens is 2. The van der Waals surface area contributed by atoms with Crippen LogP contribution >= 0.6 is 23.8 Å². The van der Waals surface area contributed by atoms with E-state index in [1.165, 1.54) is 17.0 Å². The molecule has 7 heteroatoms. The maximum Gasteiger partial charge on any atom is 0.223 e. The molecule has 0 bridgehead atoms. The van der Waals surface area contributed by atoms with E-state index in [2.05, 4.69) is 4.98 Å². The van der Waals surface area contributed by atoms with Gasteiger partial charge in [-0.1, -0.05) is 11.6 Å². The van der Waals surface area contributed by atoms with Crippen LogP contribution in [0.15, 0.2) is 12.1 Å². The van der Waals surface area contributed by atoms with E-state index in [4.69, 9.17) is 23.8 Å². The number of benzene rings is 1. The molecule has 0 atom stereocenters. The van der Waals surface area contributed by atoms with Crippen molar-refractivity contribution < 1.29 is 9.18 Å². The van der Waals surface area contributed by atoms with Crippen molar-refractivity contribution in [3.05, 3.63) is 27.7 Å². The van der Waals surface area contributed by atoms with Gasteiger partial charge >= 0.3 is 0 Å². The Bertz CT molecular complexity index is 692. The third-order valence-corrected chi connectivity index (χ3v) is 3.48. The van der Waals surface area contributed by atoms with Gasteiger partial charge < -0.3 is 14.5 Å². The highest BCUT2D eigenvalue weighted by Gasteiger charge is 2.11. The number of aryl methyl sites for hydroxylation is 1. The van der Waals surface area contributed by atoms with E-state index < -0.39 is 5.82 Å². The van der Waals surface area contributed by atoms with E-state index in [0.717, 1.165) is 0 Å². The summed E-state index contributed by atoms with van der Waals surface area (Å²) in [6.07, 6.45) is 0.304. The molecule has 0 aliphatic heterocycles. The summed E-state index contributed by atoms with van der Waals surface area (Å²) in [4.78, 5) is 16.0. The summed E-state index contributed by atoms with van der Waals surface area (Å²) in [6, 6.07) is 2.82. The summed E-state index contributed by atoms with van der Waals surface area (Å²) in [5.74, 6) is -0.512. The molecule has 0 aliphatic rings. The van der Waals surface area contributed by atoms with Crippen LogP contribution in [0.3, 0.4) is 0 Å². The van der Waals surface area contributed by atoms with Crippen LogP contribution in [0.1, 0.15) is 6.42 Å². The second kappa shape index (κ2) is 5.30. The lowest BCUT2D eigenvalue weighted by Gasteiger charge is -2.10. The largest absolute Gasteiger partial charge is 0.349 e. The number of rotatable bonds is 3. The number of carbonyl (C=O) groups is 1. The van der Waals surface area contributed by atoms with Crippen LogP contribution in [0.4, 0.5) is 4.39 Å². The number of nitrogens with one attached hydrogen (secondary N) is 1. The van der Waals surface area contributed by atoms with Crippen molar-refractivity contribution in [2.24, 2.45) is 0 Å². The monoisotopic (exact) mass is 301 g/mol. The van der Waals surface area contributed by atoms with Crippen LogP contribution in [0.25, 0.3) is 11.0 Å². The van der Waals surface area contributed by atoms with Crippen LogP contribution in [0, 0.1) is 10.6 Å². The molecule has 0 saturated carbocycles. The molecule has 0 spiro atoms. The van der Waals surface area contributed by atoms with Gasteiger partial charge in [0.05, 0.1) is 16.1 Å². The summed E-state index contributed by atoms with van der Waals surface area (Å²) >= 11 is 10.9. The number of nitrogens with zero attached hydrogens (tertiary/aromatic N) is 2.